The van der Waals surface area contributed by atoms with Gasteiger partial charge in [-0.3, -0.25) is 9.78 Å². The van der Waals surface area contributed by atoms with Gasteiger partial charge >= 0.3 is 0 Å². The van der Waals surface area contributed by atoms with Crippen LogP contribution < -0.4 is 4.90 Å². The maximum atomic E-state index is 12.0. The monoisotopic (exact) mass is 254 g/mol. The highest BCUT2D eigenvalue weighted by Gasteiger charge is 2.32. The molecule has 1 aromatic heterocycles. The van der Waals surface area contributed by atoms with Crippen LogP contribution in [0, 0.1) is 0 Å². The van der Waals surface area contributed by atoms with Crippen molar-refractivity contribution in [1.29, 1.82) is 0 Å². The minimum Gasteiger partial charge on any atom is -0.347 e. The van der Waals surface area contributed by atoms with Crippen molar-refractivity contribution in [3.05, 3.63) is 17.5 Å². The predicted molar refractivity (Wildman–Crippen MR) is 66.1 cm³/mol. The van der Waals surface area contributed by atoms with Crippen molar-refractivity contribution in [2.45, 2.75) is 18.9 Å². The van der Waals surface area contributed by atoms with Crippen LogP contribution in [0.4, 0.5) is 5.82 Å². The molecule has 6 heteroatoms. The normalized spacial score (nSPS) is 19.5. The SMILES string of the molecule is CN(C)C(=O)C1CCCN1c1cncc(Cl)n1. The number of carbonyl (C=O) groups is 1. The van der Waals surface area contributed by atoms with Crippen LogP contribution in [0.25, 0.3) is 0 Å². The number of rotatable bonds is 2. The Morgan fingerprint density at radius 1 is 1.53 bits per heavy atom. The van der Waals surface area contributed by atoms with Crippen molar-refractivity contribution in [3.8, 4) is 0 Å². The second-order valence-electron chi connectivity index (χ2n) is 4.28. The highest BCUT2D eigenvalue weighted by molar-refractivity contribution is 6.29. The third-order valence-corrected chi connectivity index (χ3v) is 3.05. The Labute approximate surface area is 105 Å². The number of likely N-dealkylation sites (N-methyl/N-ethyl adjacent to an activating group) is 1. The number of hydrogen-bond donors (Lipinski definition) is 0. The molecular formula is C11H15ClN4O. The zero-order valence-corrected chi connectivity index (χ0v) is 10.7. The van der Waals surface area contributed by atoms with E-state index in [1.54, 1.807) is 25.2 Å². The lowest BCUT2D eigenvalue weighted by Crippen LogP contribution is -2.43. The third kappa shape index (κ3) is 2.49. The molecule has 1 aromatic rings. The third-order valence-electron chi connectivity index (χ3n) is 2.87. The quantitative estimate of drug-likeness (QED) is 0.796. The van der Waals surface area contributed by atoms with Gasteiger partial charge in [0, 0.05) is 20.6 Å². The Hall–Kier alpha value is -1.36. The number of halogens is 1. The molecule has 0 bridgehead atoms. The van der Waals surface area contributed by atoms with Crippen molar-refractivity contribution in [2.75, 3.05) is 25.5 Å². The van der Waals surface area contributed by atoms with Gasteiger partial charge in [-0.05, 0) is 12.8 Å². The Balaban J connectivity index is 2.23. The number of nitrogens with zero attached hydrogens (tertiary/aromatic N) is 4. The molecule has 0 saturated carbocycles. The average molecular weight is 255 g/mol. The van der Waals surface area contributed by atoms with Crippen LogP contribution in [0.15, 0.2) is 12.4 Å². The lowest BCUT2D eigenvalue weighted by Gasteiger charge is -2.26. The first-order valence-corrected chi connectivity index (χ1v) is 5.93. The molecule has 0 radical (unpaired) electrons. The number of anilines is 1. The van der Waals surface area contributed by atoms with Gasteiger partial charge in [-0.1, -0.05) is 11.6 Å². The molecule has 17 heavy (non-hydrogen) atoms. The molecule has 1 saturated heterocycles. The number of hydrogen-bond acceptors (Lipinski definition) is 4. The molecule has 1 atom stereocenters. The van der Waals surface area contributed by atoms with Crippen molar-refractivity contribution in [3.63, 3.8) is 0 Å². The van der Waals surface area contributed by atoms with E-state index in [1.807, 2.05) is 4.90 Å². The molecule has 5 nitrogen and oxygen atoms in total. The highest BCUT2D eigenvalue weighted by Crippen LogP contribution is 2.25. The summed E-state index contributed by atoms with van der Waals surface area (Å²) in [7, 11) is 3.53. The summed E-state index contributed by atoms with van der Waals surface area (Å²) in [5, 5.41) is 0.352. The first-order valence-electron chi connectivity index (χ1n) is 5.55. The van der Waals surface area contributed by atoms with E-state index in [-0.39, 0.29) is 11.9 Å². The first-order chi connectivity index (χ1) is 8.09. The summed E-state index contributed by atoms with van der Waals surface area (Å²) in [6, 6.07) is -0.141. The molecule has 0 aliphatic carbocycles. The topological polar surface area (TPSA) is 49.3 Å². The molecule has 1 aliphatic rings. The van der Waals surface area contributed by atoms with Gasteiger partial charge < -0.3 is 9.80 Å². The van der Waals surface area contributed by atoms with E-state index < -0.39 is 0 Å². The molecule has 1 aliphatic heterocycles. The smallest absolute Gasteiger partial charge is 0.244 e. The number of aromatic nitrogens is 2. The summed E-state index contributed by atoms with van der Waals surface area (Å²) in [5.74, 6) is 0.777. The van der Waals surface area contributed by atoms with Crippen LogP contribution in [0.1, 0.15) is 12.8 Å². The van der Waals surface area contributed by atoms with Crippen LogP contribution in [0.3, 0.4) is 0 Å². The summed E-state index contributed by atoms with van der Waals surface area (Å²) in [6.45, 7) is 0.819. The molecular weight excluding hydrogens is 240 g/mol. The molecule has 0 N–H and O–H groups in total. The Morgan fingerprint density at radius 2 is 2.29 bits per heavy atom. The van der Waals surface area contributed by atoms with Gasteiger partial charge in [0.2, 0.25) is 5.91 Å². The van der Waals surface area contributed by atoms with Gasteiger partial charge in [0.25, 0.3) is 0 Å². The van der Waals surface area contributed by atoms with Gasteiger partial charge in [0.05, 0.1) is 12.4 Å². The molecule has 0 aromatic carbocycles. The maximum Gasteiger partial charge on any atom is 0.244 e. The molecule has 1 fully saturated rings. The van der Waals surface area contributed by atoms with E-state index in [0.717, 1.165) is 19.4 Å². The van der Waals surface area contributed by atoms with E-state index in [0.29, 0.717) is 11.0 Å². The van der Waals surface area contributed by atoms with E-state index in [4.69, 9.17) is 11.6 Å². The lowest BCUT2D eigenvalue weighted by atomic mass is 10.2. The van der Waals surface area contributed by atoms with Crippen LogP contribution >= 0.6 is 11.6 Å². The van der Waals surface area contributed by atoms with Crippen molar-refractivity contribution in [1.82, 2.24) is 14.9 Å². The van der Waals surface area contributed by atoms with Gasteiger partial charge in [0.1, 0.15) is 17.0 Å². The Bertz CT molecular complexity index is 424. The van der Waals surface area contributed by atoms with Gasteiger partial charge in [0.15, 0.2) is 0 Å². The number of amides is 1. The van der Waals surface area contributed by atoms with E-state index >= 15 is 0 Å². The van der Waals surface area contributed by atoms with Crippen LogP contribution in [-0.4, -0.2) is 47.5 Å². The van der Waals surface area contributed by atoms with Crippen LogP contribution in [-0.2, 0) is 4.79 Å². The molecule has 0 spiro atoms. The Morgan fingerprint density at radius 3 is 2.94 bits per heavy atom. The largest absolute Gasteiger partial charge is 0.347 e. The zero-order chi connectivity index (χ0) is 12.4. The fourth-order valence-electron chi connectivity index (χ4n) is 2.07. The summed E-state index contributed by atoms with van der Waals surface area (Å²) in [4.78, 5) is 23.8. The minimum atomic E-state index is -0.141. The van der Waals surface area contributed by atoms with E-state index in [1.165, 1.54) is 6.20 Å². The van der Waals surface area contributed by atoms with Gasteiger partial charge in [-0.25, -0.2) is 4.98 Å². The van der Waals surface area contributed by atoms with Crippen LogP contribution in [0.2, 0.25) is 5.15 Å². The van der Waals surface area contributed by atoms with Crippen molar-refractivity contribution in [2.24, 2.45) is 0 Å². The predicted octanol–water partition coefficient (Wildman–Crippen LogP) is 1.19. The molecule has 92 valence electrons. The van der Waals surface area contributed by atoms with Crippen molar-refractivity contribution < 1.29 is 4.79 Å². The minimum absolute atomic E-state index is 0.101. The second-order valence-corrected chi connectivity index (χ2v) is 4.67. The molecule has 1 amide bonds. The van der Waals surface area contributed by atoms with Crippen molar-refractivity contribution >= 4 is 23.3 Å². The lowest BCUT2D eigenvalue weighted by molar-refractivity contribution is -0.129. The Kier molecular flexibility index (Phi) is 3.47. The van der Waals surface area contributed by atoms with Crippen LogP contribution in [0.5, 0.6) is 0 Å². The average Bonchev–Trinajstić information content (AvgIpc) is 2.76. The molecule has 2 rings (SSSR count). The maximum absolute atomic E-state index is 12.0. The van der Waals surface area contributed by atoms with E-state index in [2.05, 4.69) is 9.97 Å². The fourth-order valence-corrected chi connectivity index (χ4v) is 2.21. The second kappa shape index (κ2) is 4.87. The highest BCUT2D eigenvalue weighted by atomic mass is 35.5. The summed E-state index contributed by atoms with van der Waals surface area (Å²) >= 11 is 5.82. The summed E-state index contributed by atoms with van der Waals surface area (Å²) in [6.07, 6.45) is 4.97. The van der Waals surface area contributed by atoms with Gasteiger partial charge in [-0.15, -0.1) is 0 Å². The zero-order valence-electron chi connectivity index (χ0n) is 9.93. The van der Waals surface area contributed by atoms with E-state index in [9.17, 15) is 4.79 Å². The first kappa shape index (κ1) is 12.1. The number of carbonyl (C=O) groups excluding carboxylic acids is 1. The standard InChI is InChI=1S/C11H15ClN4O/c1-15(2)11(17)8-4-3-5-16(8)10-7-13-6-9(12)14-10/h6-8H,3-5H2,1-2H3. The van der Waals surface area contributed by atoms with Gasteiger partial charge in [-0.2, -0.15) is 0 Å². The molecule has 1 unspecified atom stereocenters. The summed E-state index contributed by atoms with van der Waals surface area (Å²) in [5.41, 5.74) is 0. The molecule has 2 heterocycles. The summed E-state index contributed by atoms with van der Waals surface area (Å²) < 4.78 is 0. The fraction of sp³-hybridized carbons (Fsp3) is 0.545.